The second-order valence-corrected chi connectivity index (χ2v) is 6.42. The Kier molecular flexibility index (Phi) is 5.64. The van der Waals surface area contributed by atoms with Crippen molar-refractivity contribution in [3.63, 3.8) is 0 Å². The number of rotatable bonds is 7. The number of hydrogen-bond acceptors (Lipinski definition) is 4. The molecule has 2 heterocycles. The first-order valence-corrected chi connectivity index (χ1v) is 8.88. The van der Waals surface area contributed by atoms with E-state index in [1.165, 1.54) is 18.4 Å². The lowest BCUT2D eigenvalue weighted by molar-refractivity contribution is 0.242. The van der Waals surface area contributed by atoms with Crippen molar-refractivity contribution in [1.82, 2.24) is 14.9 Å². The number of hydrogen-bond donors (Lipinski definition) is 2. The molecule has 128 valence electrons. The van der Waals surface area contributed by atoms with E-state index < -0.39 is 0 Å². The van der Waals surface area contributed by atoms with Crippen molar-refractivity contribution in [1.29, 1.82) is 0 Å². The van der Waals surface area contributed by atoms with Gasteiger partial charge in [0.15, 0.2) is 0 Å². The maximum Gasteiger partial charge on any atom is 0.257 e. The van der Waals surface area contributed by atoms with Crippen LogP contribution >= 0.6 is 0 Å². The predicted molar refractivity (Wildman–Crippen MR) is 97.1 cm³/mol. The molecule has 24 heavy (non-hydrogen) atoms. The molecule has 0 saturated carbocycles. The van der Waals surface area contributed by atoms with E-state index >= 15 is 0 Å². The lowest BCUT2D eigenvalue weighted by Gasteiger charge is -2.27. The molecule has 0 radical (unpaired) electrons. The Hall–Kier alpha value is -2.14. The summed E-state index contributed by atoms with van der Waals surface area (Å²) in [7, 11) is 0. The summed E-state index contributed by atoms with van der Waals surface area (Å²) in [4.78, 5) is 22.2. The van der Waals surface area contributed by atoms with Crippen molar-refractivity contribution in [3.8, 4) is 0 Å². The van der Waals surface area contributed by atoms with Crippen LogP contribution in [0.3, 0.4) is 0 Å². The van der Waals surface area contributed by atoms with Gasteiger partial charge in [-0.25, -0.2) is 4.98 Å². The van der Waals surface area contributed by atoms with Gasteiger partial charge >= 0.3 is 0 Å². The minimum Gasteiger partial charge on any atom is -0.356 e. The Morgan fingerprint density at radius 2 is 2.08 bits per heavy atom. The fourth-order valence-electron chi connectivity index (χ4n) is 3.12. The highest BCUT2D eigenvalue weighted by Crippen LogP contribution is 2.17. The normalized spacial score (nSPS) is 14.4. The van der Waals surface area contributed by atoms with Crippen LogP contribution in [-0.2, 0) is 19.5 Å². The van der Waals surface area contributed by atoms with Gasteiger partial charge in [0.1, 0.15) is 0 Å². The zero-order valence-corrected chi connectivity index (χ0v) is 14.3. The molecule has 0 atom stereocenters. The van der Waals surface area contributed by atoms with E-state index in [0.717, 1.165) is 43.7 Å². The molecule has 5 nitrogen and oxygen atoms in total. The summed E-state index contributed by atoms with van der Waals surface area (Å²) in [6.07, 6.45) is 4.31. The van der Waals surface area contributed by atoms with E-state index in [1.54, 1.807) is 0 Å². The monoisotopic (exact) mass is 326 g/mol. The van der Waals surface area contributed by atoms with Crippen molar-refractivity contribution in [2.45, 2.75) is 45.7 Å². The molecular weight excluding hydrogens is 300 g/mol. The predicted octanol–water partition coefficient (Wildman–Crippen LogP) is 2.93. The summed E-state index contributed by atoms with van der Waals surface area (Å²) < 4.78 is 0. The molecule has 2 aromatic rings. The molecule has 0 saturated heterocycles. The van der Waals surface area contributed by atoms with Crippen molar-refractivity contribution in [2.75, 3.05) is 18.4 Å². The van der Waals surface area contributed by atoms with Crippen LogP contribution in [0.25, 0.3) is 0 Å². The second kappa shape index (κ2) is 8.11. The number of aromatic amines is 1. The van der Waals surface area contributed by atoms with Crippen molar-refractivity contribution in [2.24, 2.45) is 0 Å². The van der Waals surface area contributed by atoms with Crippen LogP contribution in [0, 0.1) is 0 Å². The summed E-state index contributed by atoms with van der Waals surface area (Å²) in [5, 5.41) is 3.24. The largest absolute Gasteiger partial charge is 0.356 e. The summed E-state index contributed by atoms with van der Waals surface area (Å²) in [5.41, 5.74) is 3.03. The number of fused-ring (bicyclic) bond motifs is 1. The number of anilines is 1. The third-order valence-corrected chi connectivity index (χ3v) is 4.47. The quantitative estimate of drug-likeness (QED) is 0.768. The van der Waals surface area contributed by atoms with E-state index in [-0.39, 0.29) is 5.56 Å². The summed E-state index contributed by atoms with van der Waals surface area (Å²) in [6, 6.07) is 10.4. The van der Waals surface area contributed by atoms with Crippen LogP contribution in [0.15, 0.2) is 35.1 Å². The van der Waals surface area contributed by atoms with Gasteiger partial charge in [0.2, 0.25) is 5.95 Å². The zero-order valence-electron chi connectivity index (χ0n) is 14.3. The van der Waals surface area contributed by atoms with Crippen LogP contribution < -0.4 is 10.9 Å². The highest BCUT2D eigenvalue weighted by Gasteiger charge is 2.21. The molecule has 0 spiro atoms. The summed E-state index contributed by atoms with van der Waals surface area (Å²) >= 11 is 0. The minimum atomic E-state index is -0.00393. The van der Waals surface area contributed by atoms with Gasteiger partial charge < -0.3 is 5.32 Å². The topological polar surface area (TPSA) is 61.0 Å². The number of benzene rings is 1. The van der Waals surface area contributed by atoms with E-state index in [4.69, 9.17) is 0 Å². The summed E-state index contributed by atoms with van der Waals surface area (Å²) in [6.45, 7) is 5.52. The minimum absolute atomic E-state index is 0.00393. The van der Waals surface area contributed by atoms with Gasteiger partial charge in [-0.2, -0.15) is 0 Å². The number of nitrogens with one attached hydrogen (secondary N) is 2. The van der Waals surface area contributed by atoms with Gasteiger partial charge in [0.25, 0.3) is 5.56 Å². The fraction of sp³-hybridized carbons (Fsp3) is 0.474. The molecule has 0 amide bonds. The molecule has 1 aromatic heterocycles. The Morgan fingerprint density at radius 1 is 1.25 bits per heavy atom. The molecule has 1 aliphatic rings. The fourth-order valence-corrected chi connectivity index (χ4v) is 3.12. The third-order valence-electron chi connectivity index (χ3n) is 4.47. The van der Waals surface area contributed by atoms with E-state index in [2.05, 4.69) is 51.4 Å². The Bertz CT molecular complexity index is 711. The third kappa shape index (κ3) is 4.23. The standard InChI is InChI=1S/C19H26N4O/c1-2-3-7-11-20-19-21-17-10-12-23(14-16(17)18(24)22-19)13-15-8-5-4-6-9-15/h4-6,8-9H,2-3,7,10-14H2,1H3,(H2,20,21,22,24). The Morgan fingerprint density at radius 3 is 2.88 bits per heavy atom. The van der Waals surface area contributed by atoms with E-state index in [9.17, 15) is 4.79 Å². The number of aromatic nitrogens is 2. The lowest BCUT2D eigenvalue weighted by atomic mass is 10.1. The maximum absolute atomic E-state index is 12.4. The van der Waals surface area contributed by atoms with E-state index in [1.807, 2.05) is 6.07 Å². The molecule has 0 unspecified atom stereocenters. The first-order valence-electron chi connectivity index (χ1n) is 8.88. The van der Waals surface area contributed by atoms with Gasteiger partial charge in [-0.05, 0) is 12.0 Å². The highest BCUT2D eigenvalue weighted by molar-refractivity contribution is 5.31. The SMILES string of the molecule is CCCCCNc1nc2c(c(=O)[nH]1)CN(Cc1ccccc1)CC2. The van der Waals surface area contributed by atoms with Crippen LogP contribution in [-0.4, -0.2) is 28.0 Å². The van der Waals surface area contributed by atoms with Gasteiger partial charge in [0, 0.05) is 32.6 Å². The van der Waals surface area contributed by atoms with Gasteiger partial charge in [-0.1, -0.05) is 50.1 Å². The van der Waals surface area contributed by atoms with E-state index in [0.29, 0.717) is 12.5 Å². The molecule has 0 fully saturated rings. The Labute approximate surface area is 143 Å². The average Bonchev–Trinajstić information content (AvgIpc) is 2.60. The molecule has 2 N–H and O–H groups in total. The first kappa shape index (κ1) is 16.7. The summed E-state index contributed by atoms with van der Waals surface area (Å²) in [5.74, 6) is 0.617. The molecule has 3 rings (SSSR count). The molecular formula is C19H26N4O. The van der Waals surface area contributed by atoms with Gasteiger partial charge in [-0.3, -0.25) is 14.7 Å². The van der Waals surface area contributed by atoms with Crippen LogP contribution in [0.4, 0.5) is 5.95 Å². The Balaban J connectivity index is 1.65. The molecule has 1 aromatic carbocycles. The van der Waals surface area contributed by atoms with Crippen LogP contribution in [0.1, 0.15) is 43.0 Å². The van der Waals surface area contributed by atoms with Crippen molar-refractivity contribution >= 4 is 5.95 Å². The van der Waals surface area contributed by atoms with Crippen molar-refractivity contribution < 1.29 is 0 Å². The van der Waals surface area contributed by atoms with Crippen LogP contribution in [0.2, 0.25) is 0 Å². The maximum atomic E-state index is 12.4. The first-order chi connectivity index (χ1) is 11.8. The lowest BCUT2D eigenvalue weighted by Crippen LogP contribution is -2.35. The second-order valence-electron chi connectivity index (χ2n) is 6.42. The number of nitrogens with zero attached hydrogens (tertiary/aromatic N) is 2. The molecule has 1 aliphatic heterocycles. The average molecular weight is 326 g/mol. The van der Waals surface area contributed by atoms with Crippen LogP contribution in [0.5, 0.6) is 0 Å². The molecule has 0 bridgehead atoms. The number of H-pyrrole nitrogens is 1. The van der Waals surface area contributed by atoms with Gasteiger partial charge in [-0.15, -0.1) is 0 Å². The molecule has 0 aliphatic carbocycles. The zero-order chi connectivity index (χ0) is 16.8. The highest BCUT2D eigenvalue weighted by atomic mass is 16.1. The molecule has 5 heteroatoms. The van der Waals surface area contributed by atoms with Gasteiger partial charge in [0.05, 0.1) is 11.3 Å². The van der Waals surface area contributed by atoms with Crippen molar-refractivity contribution in [3.05, 3.63) is 57.5 Å². The smallest absolute Gasteiger partial charge is 0.257 e. The number of unbranched alkanes of at least 4 members (excludes halogenated alkanes) is 2.